The highest BCUT2D eigenvalue weighted by Crippen LogP contribution is 2.28. The quantitative estimate of drug-likeness (QED) is 0.693. The molecule has 130 valence electrons. The summed E-state index contributed by atoms with van der Waals surface area (Å²) in [5, 5.41) is 0. The van der Waals surface area contributed by atoms with Crippen molar-refractivity contribution >= 4 is 10.0 Å². The molecule has 0 heterocycles. The Bertz CT molecular complexity index is 597. The molecule has 1 aromatic rings. The summed E-state index contributed by atoms with van der Waals surface area (Å²) in [6.45, 7) is 1.39. The topological polar surface area (TPSA) is 64.6 Å². The third kappa shape index (κ3) is 6.76. The maximum atomic E-state index is 12.0. The molecule has 0 radical (unpaired) electrons. The molecule has 0 saturated heterocycles. The van der Waals surface area contributed by atoms with E-state index in [4.69, 9.17) is 4.74 Å². The Morgan fingerprint density at radius 2 is 1.83 bits per heavy atom. The third-order valence-electron chi connectivity index (χ3n) is 3.18. The number of ether oxygens (including phenoxy) is 2. The van der Waals surface area contributed by atoms with Gasteiger partial charge in [-0.25, -0.2) is 13.1 Å². The summed E-state index contributed by atoms with van der Waals surface area (Å²) in [4.78, 5) is -0.120. The van der Waals surface area contributed by atoms with Crippen molar-refractivity contribution in [3.05, 3.63) is 24.3 Å². The van der Waals surface area contributed by atoms with Gasteiger partial charge >= 0.3 is 6.36 Å². The van der Waals surface area contributed by atoms with Crippen LogP contribution in [-0.4, -0.2) is 34.5 Å². The molecule has 0 unspecified atom stereocenters. The number of rotatable bonds is 9. The lowest BCUT2D eigenvalue weighted by atomic mass is 10.3. The number of alkyl halides is 3. The Labute approximate surface area is 132 Å². The maximum Gasteiger partial charge on any atom is 0.573 e. The van der Waals surface area contributed by atoms with Gasteiger partial charge in [0.1, 0.15) is 5.75 Å². The molecule has 0 aliphatic heterocycles. The predicted molar refractivity (Wildman–Crippen MR) is 76.5 cm³/mol. The normalized spacial score (nSPS) is 15.6. The van der Waals surface area contributed by atoms with E-state index in [9.17, 15) is 21.6 Å². The molecule has 1 aliphatic carbocycles. The van der Waals surface area contributed by atoms with Gasteiger partial charge in [-0.3, -0.25) is 0 Å². The summed E-state index contributed by atoms with van der Waals surface area (Å²) in [6, 6.07) is 4.04. The standard InChI is InChI=1S/C14H18F3NO4S/c15-14(16,17)22-12-4-6-13(7-5-12)23(19,20)18-8-1-9-21-10-11-2-3-11/h4-7,11,18H,1-3,8-10H2. The summed E-state index contributed by atoms with van der Waals surface area (Å²) < 4.78 is 71.5. The lowest BCUT2D eigenvalue weighted by Crippen LogP contribution is -2.25. The third-order valence-corrected chi connectivity index (χ3v) is 4.65. The van der Waals surface area contributed by atoms with Gasteiger partial charge in [-0.1, -0.05) is 0 Å². The molecule has 0 atom stereocenters. The molecule has 23 heavy (non-hydrogen) atoms. The first-order chi connectivity index (χ1) is 10.8. The van der Waals surface area contributed by atoms with Crippen molar-refractivity contribution < 1.29 is 31.1 Å². The first kappa shape index (κ1) is 18.0. The molecular weight excluding hydrogens is 335 g/mol. The van der Waals surface area contributed by atoms with Crippen LogP contribution in [0.2, 0.25) is 0 Å². The lowest BCUT2D eigenvalue weighted by Gasteiger charge is -2.10. The summed E-state index contributed by atoms with van der Waals surface area (Å²) in [7, 11) is -3.75. The van der Waals surface area contributed by atoms with E-state index in [1.807, 2.05) is 0 Å². The van der Waals surface area contributed by atoms with E-state index in [0.29, 0.717) is 25.6 Å². The minimum Gasteiger partial charge on any atom is -0.406 e. The maximum absolute atomic E-state index is 12.0. The molecule has 2 rings (SSSR count). The molecule has 1 saturated carbocycles. The largest absolute Gasteiger partial charge is 0.573 e. The van der Waals surface area contributed by atoms with E-state index >= 15 is 0 Å². The molecule has 5 nitrogen and oxygen atoms in total. The van der Waals surface area contributed by atoms with Gasteiger partial charge in [0.2, 0.25) is 10.0 Å². The summed E-state index contributed by atoms with van der Waals surface area (Å²) in [6.07, 6.45) is -1.89. The lowest BCUT2D eigenvalue weighted by molar-refractivity contribution is -0.274. The minimum atomic E-state index is -4.81. The number of hydrogen-bond acceptors (Lipinski definition) is 4. The van der Waals surface area contributed by atoms with Crippen molar-refractivity contribution in [2.24, 2.45) is 5.92 Å². The second-order valence-electron chi connectivity index (χ2n) is 5.29. The van der Waals surface area contributed by atoms with Gasteiger partial charge in [0, 0.05) is 19.8 Å². The first-order valence-corrected chi connectivity index (χ1v) is 8.68. The smallest absolute Gasteiger partial charge is 0.406 e. The SMILES string of the molecule is O=S(=O)(NCCCOCC1CC1)c1ccc(OC(F)(F)F)cc1. The van der Waals surface area contributed by atoms with Crippen molar-refractivity contribution in [1.29, 1.82) is 0 Å². The fraction of sp³-hybridized carbons (Fsp3) is 0.571. The van der Waals surface area contributed by atoms with Crippen LogP contribution in [0.5, 0.6) is 5.75 Å². The van der Waals surface area contributed by atoms with E-state index in [1.165, 1.54) is 12.8 Å². The molecule has 1 fully saturated rings. The number of hydrogen-bond donors (Lipinski definition) is 1. The van der Waals surface area contributed by atoms with Crippen molar-refractivity contribution in [2.75, 3.05) is 19.8 Å². The molecule has 0 aromatic heterocycles. The van der Waals surface area contributed by atoms with Crippen molar-refractivity contribution in [3.8, 4) is 5.75 Å². The fourth-order valence-corrected chi connectivity index (χ4v) is 2.89. The highest BCUT2D eigenvalue weighted by Gasteiger charge is 2.31. The van der Waals surface area contributed by atoms with Crippen molar-refractivity contribution in [1.82, 2.24) is 4.72 Å². The van der Waals surface area contributed by atoms with E-state index in [0.717, 1.165) is 24.3 Å². The van der Waals surface area contributed by atoms with E-state index < -0.39 is 22.1 Å². The summed E-state index contributed by atoms with van der Waals surface area (Å²) in [5.41, 5.74) is 0. The van der Waals surface area contributed by atoms with Crippen LogP contribution in [0.3, 0.4) is 0 Å². The van der Waals surface area contributed by atoms with E-state index in [-0.39, 0.29) is 11.4 Å². The predicted octanol–water partition coefficient (Wildman–Crippen LogP) is 2.68. The molecule has 9 heteroatoms. The van der Waals surface area contributed by atoms with Crippen LogP contribution >= 0.6 is 0 Å². The monoisotopic (exact) mass is 353 g/mol. The van der Waals surface area contributed by atoms with Crippen LogP contribution < -0.4 is 9.46 Å². The molecule has 1 N–H and O–H groups in total. The molecule has 0 bridgehead atoms. The van der Waals surface area contributed by atoms with Crippen LogP contribution in [0, 0.1) is 5.92 Å². The van der Waals surface area contributed by atoms with Gasteiger partial charge in [-0.05, 0) is 49.4 Å². The van der Waals surface area contributed by atoms with Gasteiger partial charge in [0.15, 0.2) is 0 Å². The fourth-order valence-electron chi connectivity index (χ4n) is 1.82. The number of halogens is 3. The van der Waals surface area contributed by atoms with Gasteiger partial charge in [0.05, 0.1) is 4.90 Å². The van der Waals surface area contributed by atoms with Crippen LogP contribution in [-0.2, 0) is 14.8 Å². The highest BCUT2D eigenvalue weighted by molar-refractivity contribution is 7.89. The highest BCUT2D eigenvalue weighted by atomic mass is 32.2. The second kappa shape index (κ2) is 7.50. The zero-order chi connectivity index (χ0) is 16.9. The molecule has 1 aliphatic rings. The Balaban J connectivity index is 1.76. The Hall–Kier alpha value is -1.32. The van der Waals surface area contributed by atoms with Crippen LogP contribution in [0.25, 0.3) is 0 Å². The van der Waals surface area contributed by atoms with Crippen LogP contribution in [0.1, 0.15) is 19.3 Å². The molecular formula is C14H18F3NO4S. The van der Waals surface area contributed by atoms with E-state index in [1.54, 1.807) is 0 Å². The van der Waals surface area contributed by atoms with Crippen LogP contribution in [0.4, 0.5) is 13.2 Å². The van der Waals surface area contributed by atoms with E-state index in [2.05, 4.69) is 9.46 Å². The van der Waals surface area contributed by atoms with Gasteiger partial charge < -0.3 is 9.47 Å². The van der Waals surface area contributed by atoms with Gasteiger partial charge in [0.25, 0.3) is 0 Å². The zero-order valence-electron chi connectivity index (χ0n) is 12.3. The number of nitrogens with one attached hydrogen (secondary N) is 1. The van der Waals surface area contributed by atoms with Crippen molar-refractivity contribution in [3.63, 3.8) is 0 Å². The van der Waals surface area contributed by atoms with Gasteiger partial charge in [-0.15, -0.1) is 13.2 Å². The zero-order valence-corrected chi connectivity index (χ0v) is 13.1. The van der Waals surface area contributed by atoms with Crippen LogP contribution in [0.15, 0.2) is 29.2 Å². The first-order valence-electron chi connectivity index (χ1n) is 7.19. The minimum absolute atomic E-state index is 0.120. The Kier molecular flexibility index (Phi) is 5.88. The molecule has 0 spiro atoms. The summed E-state index contributed by atoms with van der Waals surface area (Å²) in [5.74, 6) is 0.189. The van der Waals surface area contributed by atoms with Crippen molar-refractivity contribution in [2.45, 2.75) is 30.5 Å². The Morgan fingerprint density at radius 1 is 1.17 bits per heavy atom. The summed E-state index contributed by atoms with van der Waals surface area (Å²) >= 11 is 0. The average Bonchev–Trinajstić information content (AvgIpc) is 3.25. The molecule has 0 amide bonds. The average molecular weight is 353 g/mol. The van der Waals surface area contributed by atoms with Gasteiger partial charge in [-0.2, -0.15) is 0 Å². The number of sulfonamides is 1. The number of benzene rings is 1. The second-order valence-corrected chi connectivity index (χ2v) is 7.06. The molecule has 1 aromatic carbocycles. The Morgan fingerprint density at radius 3 is 2.39 bits per heavy atom.